The van der Waals surface area contributed by atoms with Gasteiger partial charge in [-0.1, -0.05) is 37.3 Å². The van der Waals surface area contributed by atoms with Crippen molar-refractivity contribution < 1.29 is 0 Å². The van der Waals surface area contributed by atoms with Gasteiger partial charge in [0.05, 0.1) is 5.70 Å². The van der Waals surface area contributed by atoms with Gasteiger partial charge in [0.2, 0.25) is 0 Å². The molecular weight excluding hydrogens is 220 g/mol. The molecule has 4 unspecified atom stereocenters. The number of hydrogen-bond donors (Lipinski definition) is 1. The third-order valence-corrected chi connectivity index (χ3v) is 5.10. The molecule has 0 spiro atoms. The predicted octanol–water partition coefficient (Wildman–Crippen LogP) is 3.28. The van der Waals surface area contributed by atoms with E-state index in [1.54, 1.807) is 5.57 Å². The predicted molar refractivity (Wildman–Crippen MR) is 73.9 cm³/mol. The fourth-order valence-corrected chi connectivity index (χ4v) is 4.24. The van der Waals surface area contributed by atoms with E-state index in [1.165, 1.54) is 24.1 Å². The van der Waals surface area contributed by atoms with Gasteiger partial charge in [0, 0.05) is 12.1 Å². The largest absolute Gasteiger partial charge is 0.278 e. The average Bonchev–Trinajstić information content (AvgIpc) is 2.93. The van der Waals surface area contributed by atoms with Gasteiger partial charge in [-0.15, -0.1) is 0 Å². The molecule has 1 heterocycles. The monoisotopic (exact) mass is 238 g/mol. The molecule has 2 bridgehead atoms. The van der Waals surface area contributed by atoms with Crippen LogP contribution in [0.2, 0.25) is 0 Å². The van der Waals surface area contributed by atoms with Crippen molar-refractivity contribution in [2.24, 2.45) is 28.8 Å². The van der Waals surface area contributed by atoms with Crippen molar-refractivity contribution in [1.29, 1.82) is 0 Å². The van der Waals surface area contributed by atoms with E-state index in [0.717, 1.165) is 17.8 Å². The van der Waals surface area contributed by atoms with Crippen LogP contribution in [0.15, 0.2) is 41.0 Å². The lowest BCUT2D eigenvalue weighted by atomic mass is 9.82. The number of benzene rings is 1. The molecule has 2 aliphatic carbocycles. The Balaban J connectivity index is 1.86. The number of hydrogen-bond acceptors (Lipinski definition) is 2. The summed E-state index contributed by atoms with van der Waals surface area (Å²) in [5, 5.41) is 4.40. The molecule has 0 radical (unpaired) electrons. The second-order valence-electron chi connectivity index (χ2n) is 5.82. The fourth-order valence-electron chi connectivity index (χ4n) is 4.24. The van der Waals surface area contributed by atoms with Crippen molar-refractivity contribution >= 4 is 11.9 Å². The van der Waals surface area contributed by atoms with Crippen LogP contribution in [0.1, 0.15) is 25.3 Å². The zero-order valence-electron chi connectivity index (χ0n) is 10.6. The first kappa shape index (κ1) is 10.4. The van der Waals surface area contributed by atoms with Crippen LogP contribution >= 0.6 is 0 Å². The number of hydrazone groups is 1. The number of allylic oxidation sites excluding steroid dienone is 1. The molecule has 1 aliphatic heterocycles. The average molecular weight is 238 g/mol. The Hall–Kier alpha value is -1.57. The number of rotatable bonds is 1. The maximum absolute atomic E-state index is 4.40. The summed E-state index contributed by atoms with van der Waals surface area (Å²) >= 11 is 0. The van der Waals surface area contributed by atoms with E-state index in [2.05, 4.69) is 54.0 Å². The van der Waals surface area contributed by atoms with Crippen molar-refractivity contribution in [3.05, 3.63) is 41.5 Å². The first-order chi connectivity index (χ1) is 8.86. The minimum Gasteiger partial charge on any atom is -0.278 e. The van der Waals surface area contributed by atoms with Crippen molar-refractivity contribution in [2.45, 2.75) is 19.8 Å². The molecule has 3 aliphatic rings. The van der Waals surface area contributed by atoms with E-state index in [1.807, 2.05) is 0 Å². The quantitative estimate of drug-likeness (QED) is 0.797. The molecule has 1 N–H and O–H groups in total. The maximum Gasteiger partial charge on any atom is 0.0635 e. The molecule has 0 aromatic heterocycles. The van der Waals surface area contributed by atoms with Gasteiger partial charge < -0.3 is 0 Å². The molecule has 18 heavy (non-hydrogen) atoms. The third kappa shape index (κ3) is 1.26. The van der Waals surface area contributed by atoms with Crippen molar-refractivity contribution in [1.82, 2.24) is 5.43 Å². The van der Waals surface area contributed by atoms with Gasteiger partial charge >= 0.3 is 0 Å². The van der Waals surface area contributed by atoms with Crippen molar-refractivity contribution in [2.75, 3.05) is 0 Å². The van der Waals surface area contributed by atoms with Crippen LogP contribution in [0.25, 0.3) is 5.70 Å². The molecule has 4 atom stereocenters. The van der Waals surface area contributed by atoms with Gasteiger partial charge in [-0.3, -0.25) is 5.43 Å². The Morgan fingerprint density at radius 2 is 2.00 bits per heavy atom. The summed E-state index contributed by atoms with van der Waals surface area (Å²) in [4.78, 5) is 0. The summed E-state index contributed by atoms with van der Waals surface area (Å²) in [6.45, 7) is 2.42. The topological polar surface area (TPSA) is 24.4 Å². The molecule has 2 heteroatoms. The summed E-state index contributed by atoms with van der Waals surface area (Å²) in [7, 11) is 0. The molecular formula is C16H18N2. The summed E-state index contributed by atoms with van der Waals surface area (Å²) in [6.07, 6.45) is 4.89. The highest BCUT2D eigenvalue weighted by molar-refractivity contribution is 5.80. The van der Waals surface area contributed by atoms with Gasteiger partial charge in [0.15, 0.2) is 0 Å². The van der Waals surface area contributed by atoms with E-state index in [0.29, 0.717) is 5.92 Å². The molecule has 2 saturated carbocycles. The van der Waals surface area contributed by atoms with E-state index in [9.17, 15) is 0 Å². The molecule has 1 aromatic carbocycles. The van der Waals surface area contributed by atoms with Crippen LogP contribution in [0.5, 0.6) is 0 Å². The molecule has 0 amide bonds. The Labute approximate surface area is 108 Å². The van der Waals surface area contributed by atoms with E-state index >= 15 is 0 Å². The van der Waals surface area contributed by atoms with Crippen LogP contribution in [0.3, 0.4) is 0 Å². The van der Waals surface area contributed by atoms with Gasteiger partial charge in [-0.2, -0.15) is 5.10 Å². The van der Waals surface area contributed by atoms with E-state index in [-0.39, 0.29) is 0 Å². The van der Waals surface area contributed by atoms with Crippen LogP contribution in [-0.4, -0.2) is 6.21 Å². The minimum atomic E-state index is 0.593. The third-order valence-electron chi connectivity index (χ3n) is 5.10. The SMILES string of the molecule is CC1C2CCC1C1C=NNC(c3ccccc3)=C12. The summed E-state index contributed by atoms with van der Waals surface area (Å²) < 4.78 is 0. The second kappa shape index (κ2) is 3.71. The Morgan fingerprint density at radius 3 is 2.83 bits per heavy atom. The normalized spacial score (nSPS) is 36.7. The molecule has 2 fully saturated rings. The Bertz CT molecular complexity index is 529. The number of fused-ring (bicyclic) bond motifs is 5. The first-order valence-corrected chi connectivity index (χ1v) is 6.95. The highest BCUT2D eigenvalue weighted by Gasteiger charge is 2.50. The lowest BCUT2D eigenvalue weighted by molar-refractivity contribution is 0.419. The molecule has 0 saturated heterocycles. The smallest absolute Gasteiger partial charge is 0.0635 e. The Morgan fingerprint density at radius 1 is 1.17 bits per heavy atom. The lowest BCUT2D eigenvalue weighted by Crippen LogP contribution is -2.25. The first-order valence-electron chi connectivity index (χ1n) is 6.95. The van der Waals surface area contributed by atoms with Crippen molar-refractivity contribution in [3.8, 4) is 0 Å². The number of nitrogens with one attached hydrogen (secondary N) is 1. The van der Waals surface area contributed by atoms with Crippen LogP contribution in [-0.2, 0) is 0 Å². The zero-order chi connectivity index (χ0) is 12.1. The molecule has 2 nitrogen and oxygen atoms in total. The summed E-state index contributed by atoms with van der Waals surface area (Å²) in [5.41, 5.74) is 7.45. The Kier molecular flexibility index (Phi) is 2.14. The minimum absolute atomic E-state index is 0.593. The van der Waals surface area contributed by atoms with Gasteiger partial charge in [0.25, 0.3) is 0 Å². The zero-order valence-corrected chi connectivity index (χ0v) is 10.6. The second-order valence-corrected chi connectivity index (χ2v) is 5.82. The standard InChI is InChI=1S/C16H18N2/c1-10-12-7-8-13(10)15-14(12)9-17-18-16(15)11-5-3-2-4-6-11/h2-6,9-10,12-14,18H,7-8H2,1H3. The highest BCUT2D eigenvalue weighted by Crippen LogP contribution is 2.57. The summed E-state index contributed by atoms with van der Waals surface area (Å²) in [5.74, 6) is 3.02. The summed E-state index contributed by atoms with van der Waals surface area (Å²) in [6, 6.07) is 10.7. The molecule has 4 rings (SSSR count). The van der Waals surface area contributed by atoms with Gasteiger partial charge in [-0.05, 0) is 41.7 Å². The highest BCUT2D eigenvalue weighted by atomic mass is 15.3. The lowest BCUT2D eigenvalue weighted by Gasteiger charge is -2.28. The molecule has 92 valence electrons. The van der Waals surface area contributed by atoms with Crippen LogP contribution < -0.4 is 5.43 Å². The van der Waals surface area contributed by atoms with Gasteiger partial charge in [0.1, 0.15) is 0 Å². The fraction of sp³-hybridized carbons (Fsp3) is 0.438. The van der Waals surface area contributed by atoms with Crippen molar-refractivity contribution in [3.63, 3.8) is 0 Å². The molecule has 1 aromatic rings. The van der Waals surface area contributed by atoms with Crippen LogP contribution in [0, 0.1) is 23.7 Å². The van der Waals surface area contributed by atoms with E-state index in [4.69, 9.17) is 0 Å². The van der Waals surface area contributed by atoms with E-state index < -0.39 is 0 Å². The maximum atomic E-state index is 4.40. The number of nitrogens with zero attached hydrogens (tertiary/aromatic N) is 1. The van der Waals surface area contributed by atoms with Gasteiger partial charge in [-0.25, -0.2) is 0 Å². The van der Waals surface area contributed by atoms with Crippen LogP contribution in [0.4, 0.5) is 0 Å².